The SMILES string of the molecule is C[C@@]1(O)CCN(c2cccc(-c3cc(N)cc(-c4nccs4)n3)n2)C1. The molecule has 0 saturated carbocycles. The molecule has 1 aliphatic rings. The van der Waals surface area contributed by atoms with Gasteiger partial charge in [0.15, 0.2) is 0 Å². The van der Waals surface area contributed by atoms with Crippen molar-refractivity contribution in [2.75, 3.05) is 23.7 Å². The highest BCUT2D eigenvalue weighted by molar-refractivity contribution is 7.13. The van der Waals surface area contributed by atoms with Crippen molar-refractivity contribution < 1.29 is 5.11 Å². The van der Waals surface area contributed by atoms with Crippen LogP contribution < -0.4 is 10.6 Å². The maximum atomic E-state index is 10.2. The first-order chi connectivity index (χ1) is 12.0. The lowest BCUT2D eigenvalue weighted by Crippen LogP contribution is -2.30. The molecule has 1 saturated heterocycles. The molecule has 0 radical (unpaired) electrons. The van der Waals surface area contributed by atoms with E-state index in [1.54, 1.807) is 6.20 Å². The molecule has 4 rings (SSSR count). The number of aromatic nitrogens is 3. The molecule has 128 valence electrons. The lowest BCUT2D eigenvalue weighted by molar-refractivity contribution is 0.0839. The van der Waals surface area contributed by atoms with E-state index in [2.05, 4.69) is 14.9 Å². The van der Waals surface area contributed by atoms with Crippen LogP contribution in [0.3, 0.4) is 0 Å². The number of hydrogen-bond acceptors (Lipinski definition) is 7. The monoisotopic (exact) mass is 353 g/mol. The third kappa shape index (κ3) is 3.33. The summed E-state index contributed by atoms with van der Waals surface area (Å²) in [7, 11) is 0. The van der Waals surface area contributed by atoms with E-state index in [4.69, 9.17) is 10.7 Å². The predicted molar refractivity (Wildman–Crippen MR) is 100 cm³/mol. The number of aliphatic hydroxyl groups is 1. The largest absolute Gasteiger partial charge is 0.399 e. The van der Waals surface area contributed by atoms with Gasteiger partial charge in [-0.3, -0.25) is 0 Å². The van der Waals surface area contributed by atoms with Gasteiger partial charge in [0.2, 0.25) is 0 Å². The molecule has 3 N–H and O–H groups in total. The Morgan fingerprint density at radius 3 is 2.76 bits per heavy atom. The molecule has 0 aromatic carbocycles. The zero-order valence-corrected chi connectivity index (χ0v) is 14.7. The van der Waals surface area contributed by atoms with Crippen molar-refractivity contribution in [1.29, 1.82) is 0 Å². The van der Waals surface area contributed by atoms with E-state index in [0.717, 1.165) is 40.9 Å². The number of β-amino-alcohol motifs (C(OH)–C–C–N with tert-alkyl or cyclic N) is 1. The van der Waals surface area contributed by atoms with Crippen LogP contribution in [0, 0.1) is 0 Å². The summed E-state index contributed by atoms with van der Waals surface area (Å²) in [6.45, 7) is 3.23. The zero-order chi connectivity index (χ0) is 17.4. The highest BCUT2D eigenvalue weighted by Gasteiger charge is 2.32. The van der Waals surface area contributed by atoms with Crippen LogP contribution in [0.25, 0.3) is 22.1 Å². The van der Waals surface area contributed by atoms with Gasteiger partial charge in [-0.15, -0.1) is 11.3 Å². The Balaban J connectivity index is 1.70. The molecule has 25 heavy (non-hydrogen) atoms. The molecule has 3 aromatic heterocycles. The normalized spacial score (nSPS) is 20.2. The maximum Gasteiger partial charge on any atom is 0.141 e. The number of hydrogen-bond donors (Lipinski definition) is 2. The summed E-state index contributed by atoms with van der Waals surface area (Å²) < 4.78 is 0. The third-order valence-corrected chi connectivity index (χ3v) is 5.07. The predicted octanol–water partition coefficient (Wildman–Crippen LogP) is 2.81. The molecule has 1 aliphatic heterocycles. The number of nitrogens with two attached hydrogens (primary N) is 1. The minimum Gasteiger partial charge on any atom is -0.399 e. The van der Waals surface area contributed by atoms with Gasteiger partial charge in [-0.1, -0.05) is 6.07 Å². The molecule has 4 heterocycles. The topological polar surface area (TPSA) is 88.2 Å². The van der Waals surface area contributed by atoms with Crippen molar-refractivity contribution in [2.45, 2.75) is 18.9 Å². The number of pyridine rings is 2. The van der Waals surface area contributed by atoms with Gasteiger partial charge in [-0.25, -0.2) is 15.0 Å². The number of nitrogen functional groups attached to an aromatic ring is 1. The van der Waals surface area contributed by atoms with Crippen LogP contribution in [0.1, 0.15) is 13.3 Å². The first-order valence-corrected chi connectivity index (χ1v) is 9.00. The van der Waals surface area contributed by atoms with Crippen molar-refractivity contribution in [2.24, 2.45) is 0 Å². The zero-order valence-electron chi connectivity index (χ0n) is 13.9. The quantitative estimate of drug-likeness (QED) is 0.753. The van der Waals surface area contributed by atoms with Crippen LogP contribution in [-0.2, 0) is 0 Å². The molecule has 0 spiro atoms. The summed E-state index contributed by atoms with van der Waals surface area (Å²) in [5.74, 6) is 0.843. The van der Waals surface area contributed by atoms with Crippen molar-refractivity contribution in [1.82, 2.24) is 15.0 Å². The molecule has 0 bridgehead atoms. The highest BCUT2D eigenvalue weighted by Crippen LogP contribution is 2.29. The van der Waals surface area contributed by atoms with Gasteiger partial charge in [0.1, 0.15) is 16.5 Å². The van der Waals surface area contributed by atoms with Crippen LogP contribution >= 0.6 is 11.3 Å². The molecule has 0 amide bonds. The molecule has 3 aromatic rings. The fourth-order valence-corrected chi connectivity index (χ4v) is 3.62. The van der Waals surface area contributed by atoms with Crippen LogP contribution in [-0.4, -0.2) is 38.7 Å². The van der Waals surface area contributed by atoms with Crippen molar-refractivity contribution in [3.63, 3.8) is 0 Å². The number of thiazole rings is 1. The molecule has 7 heteroatoms. The fraction of sp³-hybridized carbons (Fsp3) is 0.278. The number of anilines is 2. The molecule has 6 nitrogen and oxygen atoms in total. The summed E-state index contributed by atoms with van der Waals surface area (Å²) in [6.07, 6.45) is 2.49. The average molecular weight is 353 g/mol. The van der Waals surface area contributed by atoms with Gasteiger partial charge in [-0.05, 0) is 37.6 Å². The van der Waals surface area contributed by atoms with E-state index in [1.807, 2.05) is 42.6 Å². The molecule has 1 fully saturated rings. The molecule has 0 aliphatic carbocycles. The van der Waals surface area contributed by atoms with Crippen molar-refractivity contribution in [3.8, 4) is 22.1 Å². The summed E-state index contributed by atoms with van der Waals surface area (Å²) in [6, 6.07) is 9.48. The summed E-state index contributed by atoms with van der Waals surface area (Å²) in [4.78, 5) is 15.8. The molecular formula is C18H19N5OS. The van der Waals surface area contributed by atoms with E-state index in [1.165, 1.54) is 11.3 Å². The van der Waals surface area contributed by atoms with Crippen molar-refractivity contribution in [3.05, 3.63) is 41.9 Å². The van der Waals surface area contributed by atoms with Gasteiger partial charge in [-0.2, -0.15) is 0 Å². The minimum absolute atomic E-state index is 0.582. The van der Waals surface area contributed by atoms with Crippen LogP contribution in [0.5, 0.6) is 0 Å². The Hall–Kier alpha value is -2.51. The third-order valence-electron chi connectivity index (χ3n) is 4.27. The van der Waals surface area contributed by atoms with Crippen LogP contribution in [0.15, 0.2) is 41.9 Å². The number of nitrogens with zero attached hydrogens (tertiary/aromatic N) is 4. The Labute approximate surface area is 150 Å². The minimum atomic E-state index is -0.662. The molecule has 0 unspecified atom stereocenters. The molecule has 1 atom stereocenters. The lowest BCUT2D eigenvalue weighted by atomic mass is 10.1. The molecular weight excluding hydrogens is 334 g/mol. The average Bonchev–Trinajstić information content (AvgIpc) is 3.24. The van der Waals surface area contributed by atoms with Gasteiger partial charge < -0.3 is 15.7 Å². The Morgan fingerprint density at radius 2 is 2.04 bits per heavy atom. The van der Waals surface area contributed by atoms with E-state index in [9.17, 15) is 5.11 Å². The van der Waals surface area contributed by atoms with Gasteiger partial charge in [0.05, 0.1) is 17.0 Å². The second kappa shape index (κ2) is 6.09. The van der Waals surface area contributed by atoms with Crippen LogP contribution in [0.4, 0.5) is 11.5 Å². The second-order valence-electron chi connectivity index (χ2n) is 6.56. The number of rotatable bonds is 3. The fourth-order valence-electron chi connectivity index (χ4n) is 3.03. The van der Waals surface area contributed by atoms with Gasteiger partial charge >= 0.3 is 0 Å². The lowest BCUT2D eigenvalue weighted by Gasteiger charge is -2.20. The van der Waals surface area contributed by atoms with E-state index < -0.39 is 5.60 Å². The standard InChI is InChI=1S/C18H19N5OS/c1-18(24)5-7-23(11-18)16-4-2-3-13(22-16)14-9-12(19)10-15(21-14)17-20-6-8-25-17/h2-4,6,8-10,24H,5,7,11H2,1H3,(H2,19,21)/t18-/m1/s1. The van der Waals surface area contributed by atoms with E-state index >= 15 is 0 Å². The van der Waals surface area contributed by atoms with Crippen molar-refractivity contribution >= 4 is 22.8 Å². The van der Waals surface area contributed by atoms with E-state index in [0.29, 0.717) is 12.2 Å². The highest BCUT2D eigenvalue weighted by atomic mass is 32.1. The Bertz CT molecular complexity index is 894. The first kappa shape index (κ1) is 16.0. The Kier molecular flexibility index (Phi) is 3.89. The second-order valence-corrected chi connectivity index (χ2v) is 7.45. The smallest absolute Gasteiger partial charge is 0.141 e. The summed E-state index contributed by atoms with van der Waals surface area (Å²) in [5.41, 5.74) is 8.26. The summed E-state index contributed by atoms with van der Waals surface area (Å²) in [5, 5.41) is 12.9. The summed E-state index contributed by atoms with van der Waals surface area (Å²) >= 11 is 1.53. The maximum absolute atomic E-state index is 10.2. The first-order valence-electron chi connectivity index (χ1n) is 8.12. The van der Waals surface area contributed by atoms with Gasteiger partial charge in [0, 0.05) is 30.4 Å². The Morgan fingerprint density at radius 1 is 1.20 bits per heavy atom. The van der Waals surface area contributed by atoms with Crippen LogP contribution in [0.2, 0.25) is 0 Å². The van der Waals surface area contributed by atoms with Gasteiger partial charge in [0.25, 0.3) is 0 Å². The van der Waals surface area contributed by atoms with E-state index in [-0.39, 0.29) is 0 Å².